The van der Waals surface area contributed by atoms with Crippen molar-refractivity contribution in [3.63, 3.8) is 0 Å². The molecule has 0 aliphatic carbocycles. The molecule has 0 N–H and O–H groups in total. The van der Waals surface area contributed by atoms with Crippen molar-refractivity contribution in [1.82, 2.24) is 0 Å². The molecule has 0 fully saturated rings. The van der Waals surface area contributed by atoms with Gasteiger partial charge in [0.25, 0.3) is 0 Å². The molecule has 8 heteroatoms. The van der Waals surface area contributed by atoms with Crippen molar-refractivity contribution >= 4 is 29.3 Å². The molecule has 0 spiro atoms. The van der Waals surface area contributed by atoms with Crippen LogP contribution in [-0.2, 0) is 28.5 Å². The van der Waals surface area contributed by atoms with E-state index >= 15 is 0 Å². The van der Waals surface area contributed by atoms with Gasteiger partial charge in [0, 0.05) is 11.1 Å². The number of carbonyl (C=O) groups is 3. The molecule has 1 aliphatic heterocycles. The highest BCUT2D eigenvalue weighted by Crippen LogP contribution is 2.44. The molecule has 1 unspecified atom stereocenters. The van der Waals surface area contributed by atoms with Crippen LogP contribution >= 0.6 is 0 Å². The van der Waals surface area contributed by atoms with Gasteiger partial charge in [-0.15, -0.1) is 0 Å². The number of rotatable bonds is 3. The highest BCUT2D eigenvalue weighted by Gasteiger charge is 2.45. The first-order chi connectivity index (χ1) is 12.7. The lowest BCUT2D eigenvalue weighted by Gasteiger charge is -2.31. The van der Waals surface area contributed by atoms with Crippen LogP contribution in [0.15, 0.2) is 29.8 Å². The van der Waals surface area contributed by atoms with Crippen LogP contribution < -0.4 is 4.90 Å². The number of nitrogens with zero attached hydrogens (tertiary/aromatic N) is 1. The fraction of sp³-hybridized carbons (Fsp3) is 0.421. The maximum absolute atomic E-state index is 12.5. The van der Waals surface area contributed by atoms with Gasteiger partial charge in [0.2, 0.25) is 0 Å². The smallest absolute Gasteiger partial charge is 0.416 e. The molecule has 1 heterocycles. The van der Waals surface area contributed by atoms with E-state index in [0.29, 0.717) is 11.3 Å². The van der Waals surface area contributed by atoms with Crippen LogP contribution in [0.2, 0.25) is 0 Å². The van der Waals surface area contributed by atoms with Crippen LogP contribution in [0.4, 0.5) is 10.5 Å². The number of amides is 1. The Bertz CT molecular complexity index is 773. The van der Waals surface area contributed by atoms with Gasteiger partial charge in [-0.25, -0.2) is 19.3 Å². The van der Waals surface area contributed by atoms with Crippen LogP contribution in [0.1, 0.15) is 26.3 Å². The third-order valence-corrected chi connectivity index (χ3v) is 3.82. The van der Waals surface area contributed by atoms with Crippen molar-refractivity contribution in [2.45, 2.75) is 32.6 Å². The predicted molar refractivity (Wildman–Crippen MR) is 96.9 cm³/mol. The molecule has 2 rings (SSSR count). The van der Waals surface area contributed by atoms with Crippen LogP contribution in [0.3, 0.4) is 0 Å². The number of ether oxygens (including phenoxy) is 4. The van der Waals surface area contributed by atoms with E-state index in [2.05, 4.69) is 0 Å². The molecule has 0 saturated heterocycles. The minimum Gasteiger partial charge on any atom is -0.465 e. The summed E-state index contributed by atoms with van der Waals surface area (Å²) >= 11 is 0. The van der Waals surface area contributed by atoms with Gasteiger partial charge in [0.1, 0.15) is 0 Å². The van der Waals surface area contributed by atoms with Crippen molar-refractivity contribution in [2.75, 3.05) is 26.2 Å². The van der Waals surface area contributed by atoms with E-state index in [1.165, 1.54) is 12.0 Å². The average Bonchev–Trinajstić information content (AvgIpc) is 2.93. The number of esters is 2. The molecule has 8 nitrogen and oxygen atoms in total. The predicted octanol–water partition coefficient (Wildman–Crippen LogP) is 2.51. The second kappa shape index (κ2) is 7.79. The van der Waals surface area contributed by atoms with Crippen LogP contribution in [0.25, 0.3) is 5.57 Å². The van der Waals surface area contributed by atoms with Gasteiger partial charge < -0.3 is 18.9 Å². The van der Waals surface area contributed by atoms with E-state index in [-0.39, 0.29) is 11.1 Å². The van der Waals surface area contributed by atoms with E-state index < -0.39 is 29.9 Å². The molecular formula is C19H23NO7. The number of hydrogen-bond donors (Lipinski definition) is 0. The molecule has 1 amide bonds. The minimum absolute atomic E-state index is 0.185. The van der Waals surface area contributed by atoms with Gasteiger partial charge in [0.05, 0.1) is 32.6 Å². The summed E-state index contributed by atoms with van der Waals surface area (Å²) in [5.41, 5.74) is 0.0567. The molecule has 0 radical (unpaired) electrons. The van der Waals surface area contributed by atoms with Gasteiger partial charge in [-0.3, -0.25) is 0 Å². The Balaban J connectivity index is 2.85. The normalized spacial score (nSPS) is 15.9. The average molecular weight is 377 g/mol. The van der Waals surface area contributed by atoms with E-state index in [4.69, 9.17) is 18.9 Å². The summed E-state index contributed by atoms with van der Waals surface area (Å²) in [5, 5.41) is 0. The molecule has 0 aromatic heterocycles. The highest BCUT2D eigenvalue weighted by atomic mass is 16.6. The summed E-state index contributed by atoms with van der Waals surface area (Å²) in [5.74, 6) is -1.78. The molecule has 1 atom stereocenters. The van der Waals surface area contributed by atoms with Crippen molar-refractivity contribution in [3.05, 3.63) is 35.4 Å². The SMILES string of the molecule is COC(=O)C(C(=O)OC)=C1c2ccccc2N(C(=O)OC)C1OC(C)(C)C. The topological polar surface area (TPSA) is 91.4 Å². The quantitative estimate of drug-likeness (QED) is 0.263. The number of fused-ring (bicyclic) bond motifs is 1. The lowest BCUT2D eigenvalue weighted by atomic mass is 10.00. The summed E-state index contributed by atoms with van der Waals surface area (Å²) in [6, 6.07) is 6.80. The third kappa shape index (κ3) is 3.95. The summed E-state index contributed by atoms with van der Waals surface area (Å²) in [6.45, 7) is 5.37. The Kier molecular flexibility index (Phi) is 5.90. The summed E-state index contributed by atoms with van der Waals surface area (Å²) in [6.07, 6.45) is -1.77. The van der Waals surface area contributed by atoms with Crippen molar-refractivity contribution in [2.24, 2.45) is 0 Å². The number of methoxy groups -OCH3 is 3. The summed E-state index contributed by atoms with van der Waals surface area (Å²) < 4.78 is 20.5. The van der Waals surface area contributed by atoms with E-state index in [9.17, 15) is 14.4 Å². The van der Waals surface area contributed by atoms with E-state index in [1.807, 2.05) is 0 Å². The molecule has 1 aromatic carbocycles. The van der Waals surface area contributed by atoms with Crippen molar-refractivity contribution < 1.29 is 33.3 Å². The monoisotopic (exact) mass is 377 g/mol. The Morgan fingerprint density at radius 1 is 0.926 bits per heavy atom. The Hall–Kier alpha value is -2.87. The summed E-state index contributed by atoms with van der Waals surface area (Å²) in [7, 11) is 3.55. The highest BCUT2D eigenvalue weighted by molar-refractivity contribution is 6.22. The van der Waals surface area contributed by atoms with Crippen LogP contribution in [-0.4, -0.2) is 51.2 Å². The fourth-order valence-corrected chi connectivity index (χ4v) is 2.80. The van der Waals surface area contributed by atoms with Gasteiger partial charge in [0.15, 0.2) is 11.8 Å². The molecule has 0 saturated carbocycles. The first-order valence-electron chi connectivity index (χ1n) is 8.21. The zero-order valence-corrected chi connectivity index (χ0v) is 16.2. The van der Waals surface area contributed by atoms with Crippen LogP contribution in [0, 0.1) is 0 Å². The van der Waals surface area contributed by atoms with E-state index in [1.54, 1.807) is 45.0 Å². The number of hydrogen-bond acceptors (Lipinski definition) is 7. The zero-order valence-electron chi connectivity index (χ0n) is 16.2. The molecular weight excluding hydrogens is 354 g/mol. The standard InChI is InChI=1S/C19H23NO7/c1-19(2,3)27-15-13(14(16(21)24-4)17(22)25-5)11-9-7-8-10-12(11)20(15)18(23)26-6/h7-10,15H,1-6H3. The summed E-state index contributed by atoms with van der Waals surface area (Å²) in [4.78, 5) is 38.5. The molecule has 1 aromatic rings. The second-order valence-corrected chi connectivity index (χ2v) is 6.71. The molecule has 146 valence electrons. The number of benzene rings is 1. The number of para-hydroxylation sites is 1. The molecule has 0 bridgehead atoms. The lowest BCUT2D eigenvalue weighted by Crippen LogP contribution is -2.43. The lowest BCUT2D eigenvalue weighted by molar-refractivity contribution is -0.144. The fourth-order valence-electron chi connectivity index (χ4n) is 2.80. The van der Waals surface area contributed by atoms with Gasteiger partial charge in [-0.1, -0.05) is 18.2 Å². The van der Waals surface area contributed by atoms with Crippen molar-refractivity contribution in [3.8, 4) is 0 Å². The third-order valence-electron chi connectivity index (χ3n) is 3.82. The maximum atomic E-state index is 12.5. The number of carbonyl (C=O) groups excluding carboxylic acids is 3. The zero-order chi connectivity index (χ0) is 20.4. The molecule has 27 heavy (non-hydrogen) atoms. The van der Waals surface area contributed by atoms with Gasteiger partial charge >= 0.3 is 18.0 Å². The van der Waals surface area contributed by atoms with Crippen molar-refractivity contribution in [1.29, 1.82) is 0 Å². The number of anilines is 1. The van der Waals surface area contributed by atoms with Crippen LogP contribution in [0.5, 0.6) is 0 Å². The maximum Gasteiger partial charge on any atom is 0.416 e. The van der Waals surface area contributed by atoms with Gasteiger partial charge in [-0.05, 0) is 26.8 Å². The largest absolute Gasteiger partial charge is 0.465 e. The van der Waals surface area contributed by atoms with E-state index in [0.717, 1.165) is 14.2 Å². The van der Waals surface area contributed by atoms with Gasteiger partial charge in [-0.2, -0.15) is 0 Å². The Morgan fingerprint density at radius 2 is 1.48 bits per heavy atom. The Labute approximate surface area is 157 Å². The Morgan fingerprint density at radius 3 is 1.96 bits per heavy atom. The first kappa shape index (κ1) is 20.4. The molecule has 1 aliphatic rings. The first-order valence-corrected chi connectivity index (χ1v) is 8.21. The second-order valence-electron chi connectivity index (χ2n) is 6.71. The minimum atomic E-state index is -1.08.